The van der Waals surface area contributed by atoms with Crippen molar-refractivity contribution >= 4 is 29.1 Å². The second-order valence-corrected chi connectivity index (χ2v) is 8.10. The minimum atomic E-state index is -0.669. The summed E-state index contributed by atoms with van der Waals surface area (Å²) >= 11 is 6.23. The summed E-state index contributed by atoms with van der Waals surface area (Å²) < 4.78 is 28.9. The van der Waals surface area contributed by atoms with Crippen molar-refractivity contribution in [3.63, 3.8) is 0 Å². The van der Waals surface area contributed by atoms with E-state index >= 15 is 0 Å². The zero-order valence-corrected chi connectivity index (χ0v) is 21.4. The van der Waals surface area contributed by atoms with Gasteiger partial charge < -0.3 is 34.3 Å². The fraction of sp³-hybridized carbons (Fsp3) is 0.292. The second-order valence-electron chi connectivity index (χ2n) is 7.69. The Morgan fingerprint density at radius 3 is 2.17 bits per heavy atom. The normalized spacial score (nSPS) is 14.5. The average molecular weight is 516 g/mol. The Morgan fingerprint density at radius 1 is 0.944 bits per heavy atom. The molecule has 36 heavy (non-hydrogen) atoms. The lowest BCUT2D eigenvalue weighted by atomic mass is 9.94. The van der Waals surface area contributed by atoms with E-state index in [9.17, 15) is 4.79 Å². The Balaban J connectivity index is 1.84. The van der Waals surface area contributed by atoms with Crippen molar-refractivity contribution < 1.29 is 28.5 Å². The summed E-state index contributed by atoms with van der Waals surface area (Å²) in [4.78, 5) is 18.1. The molecule has 0 fully saturated rings. The van der Waals surface area contributed by atoms with Crippen molar-refractivity contribution in [2.45, 2.75) is 13.0 Å². The molecule has 1 aliphatic heterocycles. The highest BCUT2D eigenvalue weighted by Gasteiger charge is 2.35. The number of aromatic nitrogens is 3. The van der Waals surface area contributed by atoms with Crippen LogP contribution in [0, 0.1) is 0 Å². The largest absolute Gasteiger partial charge is 0.495 e. The molecular formula is C24H26ClN5O6. The van der Waals surface area contributed by atoms with Crippen LogP contribution in [0.1, 0.15) is 18.5 Å². The molecule has 0 saturated heterocycles. The van der Waals surface area contributed by atoms with Gasteiger partial charge in [-0.05, 0) is 24.6 Å². The van der Waals surface area contributed by atoms with Gasteiger partial charge in [0.1, 0.15) is 23.9 Å². The number of carbonyl (C=O) groups is 1. The van der Waals surface area contributed by atoms with Crippen LogP contribution in [0.5, 0.6) is 28.7 Å². The highest BCUT2D eigenvalue weighted by molar-refractivity contribution is 6.32. The van der Waals surface area contributed by atoms with Gasteiger partial charge in [0, 0.05) is 17.8 Å². The molecule has 0 bridgehead atoms. The molecule has 0 saturated carbocycles. The molecule has 11 nitrogen and oxygen atoms in total. The highest BCUT2D eigenvalue weighted by Crippen LogP contribution is 2.44. The number of carbonyl (C=O) groups excluding carboxylic acids is 1. The Bertz CT molecular complexity index is 1310. The minimum Gasteiger partial charge on any atom is -0.495 e. The molecule has 2 heterocycles. The summed E-state index contributed by atoms with van der Waals surface area (Å²) in [6.07, 6.45) is 1.41. The predicted octanol–water partition coefficient (Wildman–Crippen LogP) is 3.90. The standard InChI is InChI=1S/C24H26ClN5O6/c1-12-20(23(31)29-15-10-16(32-2)14(25)9-17(15)33-3)21(30-24(28-12)26-11-27-30)13-7-18(34-4)22(36-6)19(8-13)35-5/h7-11,21H,1-6H3,(H,29,31)(H,26,27,28). The van der Waals surface area contributed by atoms with Gasteiger partial charge in [-0.15, -0.1) is 0 Å². The van der Waals surface area contributed by atoms with Crippen LogP contribution < -0.4 is 34.3 Å². The van der Waals surface area contributed by atoms with Crippen molar-refractivity contribution in [2.75, 3.05) is 46.2 Å². The first-order valence-corrected chi connectivity index (χ1v) is 11.1. The van der Waals surface area contributed by atoms with E-state index in [1.165, 1.54) is 41.9 Å². The molecule has 0 spiro atoms. The number of nitrogens with one attached hydrogen (secondary N) is 2. The van der Waals surface area contributed by atoms with Gasteiger partial charge in [0.15, 0.2) is 11.5 Å². The second kappa shape index (κ2) is 10.2. The number of hydrogen-bond donors (Lipinski definition) is 2. The van der Waals surface area contributed by atoms with E-state index in [1.807, 2.05) is 0 Å². The summed E-state index contributed by atoms with van der Waals surface area (Å²) in [5.74, 6) is 2.15. The molecule has 1 amide bonds. The zero-order valence-electron chi connectivity index (χ0n) is 20.6. The van der Waals surface area contributed by atoms with Gasteiger partial charge in [0.2, 0.25) is 11.7 Å². The fourth-order valence-corrected chi connectivity index (χ4v) is 4.33. The molecule has 2 N–H and O–H groups in total. The number of fused-ring (bicyclic) bond motifs is 1. The van der Waals surface area contributed by atoms with Crippen LogP contribution in [-0.2, 0) is 4.79 Å². The van der Waals surface area contributed by atoms with E-state index in [0.29, 0.717) is 62.2 Å². The average Bonchev–Trinajstić information content (AvgIpc) is 3.35. The summed E-state index contributed by atoms with van der Waals surface area (Å²) in [5, 5.41) is 10.8. The van der Waals surface area contributed by atoms with Crippen LogP contribution in [-0.4, -0.2) is 56.2 Å². The molecule has 1 atom stereocenters. The van der Waals surface area contributed by atoms with Gasteiger partial charge in [-0.1, -0.05) is 11.6 Å². The number of amides is 1. The number of halogens is 1. The van der Waals surface area contributed by atoms with Crippen molar-refractivity contribution in [1.82, 2.24) is 14.8 Å². The maximum absolute atomic E-state index is 13.8. The maximum Gasteiger partial charge on any atom is 0.255 e. The number of methoxy groups -OCH3 is 5. The molecule has 3 aromatic rings. The van der Waals surface area contributed by atoms with Crippen LogP contribution >= 0.6 is 11.6 Å². The summed E-state index contributed by atoms with van der Waals surface area (Å²) in [6, 6.07) is 6.05. The third kappa shape index (κ3) is 4.33. The van der Waals surface area contributed by atoms with E-state index in [2.05, 4.69) is 20.7 Å². The third-order valence-corrected chi connectivity index (χ3v) is 6.06. The molecule has 12 heteroatoms. The molecule has 1 aliphatic rings. The molecule has 0 radical (unpaired) electrons. The predicted molar refractivity (Wildman–Crippen MR) is 134 cm³/mol. The number of nitrogens with zero attached hydrogens (tertiary/aromatic N) is 3. The lowest BCUT2D eigenvalue weighted by Crippen LogP contribution is -2.31. The van der Waals surface area contributed by atoms with E-state index in [0.717, 1.165) is 0 Å². The molecule has 4 rings (SSSR count). The van der Waals surface area contributed by atoms with Crippen LogP contribution in [0.15, 0.2) is 41.9 Å². The van der Waals surface area contributed by atoms with Crippen molar-refractivity contribution in [2.24, 2.45) is 0 Å². The van der Waals surface area contributed by atoms with Crippen LogP contribution in [0.4, 0.5) is 11.6 Å². The van der Waals surface area contributed by atoms with Gasteiger partial charge >= 0.3 is 0 Å². The monoisotopic (exact) mass is 515 g/mol. The lowest BCUT2D eigenvalue weighted by Gasteiger charge is -2.29. The first kappa shape index (κ1) is 25.0. The Hall–Kier alpha value is -4.12. The fourth-order valence-electron chi connectivity index (χ4n) is 4.10. The quantitative estimate of drug-likeness (QED) is 0.460. The van der Waals surface area contributed by atoms with Crippen LogP contribution in [0.25, 0.3) is 0 Å². The number of benzene rings is 2. The van der Waals surface area contributed by atoms with Crippen LogP contribution in [0.3, 0.4) is 0 Å². The van der Waals surface area contributed by atoms with Crippen molar-refractivity contribution in [3.05, 3.63) is 52.4 Å². The van der Waals surface area contributed by atoms with Gasteiger partial charge in [-0.25, -0.2) is 4.68 Å². The topological polar surface area (TPSA) is 118 Å². The van der Waals surface area contributed by atoms with Crippen molar-refractivity contribution in [1.29, 1.82) is 0 Å². The number of rotatable bonds is 8. The molecule has 0 aliphatic carbocycles. The van der Waals surface area contributed by atoms with Gasteiger partial charge in [-0.2, -0.15) is 10.1 Å². The van der Waals surface area contributed by atoms with Crippen molar-refractivity contribution in [3.8, 4) is 28.7 Å². The first-order valence-electron chi connectivity index (χ1n) is 10.8. The number of ether oxygens (including phenoxy) is 5. The summed E-state index contributed by atoms with van der Waals surface area (Å²) in [6.45, 7) is 1.79. The Morgan fingerprint density at radius 2 is 1.58 bits per heavy atom. The molecule has 1 unspecified atom stereocenters. The first-order chi connectivity index (χ1) is 17.4. The Labute approximate surface area is 212 Å². The molecule has 190 valence electrons. The van der Waals surface area contributed by atoms with E-state index in [-0.39, 0.29) is 0 Å². The summed E-state index contributed by atoms with van der Waals surface area (Å²) in [7, 11) is 7.56. The SMILES string of the molecule is COc1cc(NC(=O)C2=C(C)Nc3ncnn3C2c2cc(OC)c(OC)c(OC)c2)c(OC)cc1Cl. The van der Waals surface area contributed by atoms with E-state index in [1.54, 1.807) is 35.9 Å². The number of hydrogen-bond acceptors (Lipinski definition) is 9. The van der Waals surface area contributed by atoms with Gasteiger partial charge in [0.05, 0.1) is 51.8 Å². The van der Waals surface area contributed by atoms with Gasteiger partial charge in [-0.3, -0.25) is 4.79 Å². The number of allylic oxidation sites excluding steroid dienone is 1. The van der Waals surface area contributed by atoms with E-state index in [4.69, 9.17) is 35.3 Å². The minimum absolute atomic E-state index is 0.352. The van der Waals surface area contributed by atoms with Gasteiger partial charge in [0.25, 0.3) is 5.91 Å². The zero-order chi connectivity index (χ0) is 26.0. The third-order valence-electron chi connectivity index (χ3n) is 5.76. The Kier molecular flexibility index (Phi) is 7.11. The smallest absolute Gasteiger partial charge is 0.255 e. The molecule has 2 aromatic carbocycles. The highest BCUT2D eigenvalue weighted by atomic mass is 35.5. The maximum atomic E-state index is 13.8. The van der Waals surface area contributed by atoms with Crippen LogP contribution in [0.2, 0.25) is 5.02 Å². The molecular weight excluding hydrogens is 490 g/mol. The number of anilines is 2. The molecule has 1 aromatic heterocycles. The van der Waals surface area contributed by atoms with E-state index < -0.39 is 11.9 Å². The lowest BCUT2D eigenvalue weighted by molar-refractivity contribution is -0.113. The summed E-state index contributed by atoms with van der Waals surface area (Å²) in [5.41, 5.74) is 2.03.